The molecule has 88 valence electrons. The van der Waals surface area contributed by atoms with Crippen LogP contribution in [-0.4, -0.2) is 20.4 Å². The van der Waals surface area contributed by atoms with Crippen LogP contribution in [0.1, 0.15) is 16.2 Å². The average molecular weight is 271 g/mol. The first kappa shape index (κ1) is 11.8. The van der Waals surface area contributed by atoms with Gasteiger partial charge in [-0.15, -0.1) is 0 Å². The molecule has 0 atom stereocenters. The fourth-order valence-electron chi connectivity index (χ4n) is 1.17. The van der Waals surface area contributed by atoms with Crippen LogP contribution < -0.4 is 4.74 Å². The Labute approximate surface area is 106 Å². The summed E-state index contributed by atoms with van der Waals surface area (Å²) in [6.07, 6.45) is 0. The molecule has 0 amide bonds. The van der Waals surface area contributed by atoms with E-state index in [-0.39, 0.29) is 11.3 Å². The number of carboxylic acids is 1. The molecule has 5 nitrogen and oxygen atoms in total. The molecule has 0 saturated heterocycles. The minimum absolute atomic E-state index is 0.00893. The standard InChI is InChI=1S/C10H7ClN2O3S/c1-5-12-10(17-13-5)16-8-3-2-6(11)4-7(8)9(14)15/h2-4H,1H3,(H,14,15). The first-order chi connectivity index (χ1) is 8.06. The summed E-state index contributed by atoms with van der Waals surface area (Å²) in [5.74, 6) is -0.336. The highest BCUT2D eigenvalue weighted by molar-refractivity contribution is 7.07. The summed E-state index contributed by atoms with van der Waals surface area (Å²) in [6.45, 7) is 1.73. The highest BCUT2D eigenvalue weighted by atomic mass is 35.5. The zero-order valence-electron chi connectivity index (χ0n) is 8.68. The van der Waals surface area contributed by atoms with Gasteiger partial charge in [0.2, 0.25) is 0 Å². The molecule has 2 rings (SSSR count). The zero-order valence-corrected chi connectivity index (χ0v) is 10.2. The van der Waals surface area contributed by atoms with Crippen molar-refractivity contribution in [2.75, 3.05) is 0 Å². The lowest BCUT2D eigenvalue weighted by molar-refractivity contribution is 0.0694. The SMILES string of the molecule is Cc1nsc(Oc2ccc(Cl)cc2C(=O)O)n1. The Morgan fingerprint density at radius 1 is 1.53 bits per heavy atom. The van der Waals surface area contributed by atoms with E-state index in [9.17, 15) is 4.79 Å². The Balaban J connectivity index is 2.35. The number of hydrogen-bond acceptors (Lipinski definition) is 5. The molecular weight excluding hydrogens is 264 g/mol. The van der Waals surface area contributed by atoms with Gasteiger partial charge < -0.3 is 9.84 Å². The van der Waals surface area contributed by atoms with Crippen molar-refractivity contribution in [1.29, 1.82) is 0 Å². The number of benzene rings is 1. The number of rotatable bonds is 3. The van der Waals surface area contributed by atoms with E-state index in [1.54, 1.807) is 13.0 Å². The van der Waals surface area contributed by atoms with Crippen molar-refractivity contribution >= 4 is 29.1 Å². The van der Waals surface area contributed by atoms with Gasteiger partial charge in [-0.05, 0) is 25.1 Å². The molecular formula is C10H7ClN2O3S. The molecule has 1 aromatic carbocycles. The average Bonchev–Trinajstić information content (AvgIpc) is 2.66. The van der Waals surface area contributed by atoms with Crippen molar-refractivity contribution in [2.24, 2.45) is 0 Å². The van der Waals surface area contributed by atoms with Gasteiger partial charge in [0.05, 0.1) is 0 Å². The van der Waals surface area contributed by atoms with Crippen LogP contribution in [0, 0.1) is 6.92 Å². The molecule has 0 saturated carbocycles. The molecule has 7 heteroatoms. The lowest BCUT2D eigenvalue weighted by Gasteiger charge is -2.05. The molecule has 0 aliphatic carbocycles. The third-order valence-corrected chi connectivity index (χ3v) is 2.80. The molecule has 0 unspecified atom stereocenters. The minimum Gasteiger partial charge on any atom is -0.478 e. The Morgan fingerprint density at radius 3 is 2.88 bits per heavy atom. The van der Waals surface area contributed by atoms with E-state index in [1.807, 2.05) is 0 Å². The normalized spacial score (nSPS) is 10.2. The zero-order chi connectivity index (χ0) is 12.4. The summed E-state index contributed by atoms with van der Waals surface area (Å²) in [4.78, 5) is 15.0. The maximum atomic E-state index is 11.0. The van der Waals surface area contributed by atoms with Crippen LogP contribution in [-0.2, 0) is 0 Å². The fourth-order valence-corrected chi connectivity index (χ4v) is 1.90. The van der Waals surface area contributed by atoms with Gasteiger partial charge >= 0.3 is 5.97 Å². The van der Waals surface area contributed by atoms with Crippen LogP contribution in [0.5, 0.6) is 10.9 Å². The summed E-state index contributed by atoms with van der Waals surface area (Å²) >= 11 is 6.78. The molecule has 0 radical (unpaired) electrons. The van der Waals surface area contributed by atoms with E-state index >= 15 is 0 Å². The number of ether oxygens (including phenoxy) is 1. The van der Waals surface area contributed by atoms with E-state index in [1.165, 1.54) is 12.1 Å². The van der Waals surface area contributed by atoms with Gasteiger partial charge in [0.1, 0.15) is 17.1 Å². The lowest BCUT2D eigenvalue weighted by Crippen LogP contribution is -1.99. The predicted molar refractivity (Wildman–Crippen MR) is 63.1 cm³/mol. The number of carboxylic acid groups (broad SMARTS) is 1. The van der Waals surface area contributed by atoms with Crippen LogP contribution in [0.2, 0.25) is 5.02 Å². The van der Waals surface area contributed by atoms with E-state index in [0.29, 0.717) is 16.0 Å². The first-order valence-electron chi connectivity index (χ1n) is 4.57. The summed E-state index contributed by atoms with van der Waals surface area (Å²) < 4.78 is 9.29. The van der Waals surface area contributed by atoms with E-state index < -0.39 is 5.97 Å². The largest absolute Gasteiger partial charge is 0.478 e. The second-order valence-electron chi connectivity index (χ2n) is 3.16. The van der Waals surface area contributed by atoms with Crippen molar-refractivity contribution in [2.45, 2.75) is 6.92 Å². The molecule has 0 spiro atoms. The Kier molecular flexibility index (Phi) is 3.26. The maximum Gasteiger partial charge on any atom is 0.339 e. The highest BCUT2D eigenvalue weighted by Crippen LogP contribution is 2.28. The van der Waals surface area contributed by atoms with Crippen LogP contribution in [0.25, 0.3) is 0 Å². The predicted octanol–water partition coefficient (Wildman–Crippen LogP) is 2.99. The molecule has 1 heterocycles. The maximum absolute atomic E-state index is 11.0. The van der Waals surface area contributed by atoms with Crippen LogP contribution in [0.4, 0.5) is 0 Å². The van der Waals surface area contributed by atoms with Gasteiger partial charge in [0, 0.05) is 16.6 Å². The van der Waals surface area contributed by atoms with Crippen molar-refractivity contribution < 1.29 is 14.6 Å². The summed E-state index contributed by atoms with van der Waals surface area (Å²) in [5, 5.41) is 9.64. The third-order valence-electron chi connectivity index (χ3n) is 1.88. The number of aromatic nitrogens is 2. The number of carbonyl (C=O) groups is 1. The molecule has 2 aromatic rings. The number of hydrogen-bond donors (Lipinski definition) is 1. The van der Waals surface area contributed by atoms with Gasteiger partial charge in [-0.2, -0.15) is 9.36 Å². The van der Waals surface area contributed by atoms with E-state index in [0.717, 1.165) is 11.5 Å². The molecule has 17 heavy (non-hydrogen) atoms. The van der Waals surface area contributed by atoms with Gasteiger partial charge in [-0.1, -0.05) is 11.6 Å². The van der Waals surface area contributed by atoms with Crippen LogP contribution in [0.15, 0.2) is 18.2 Å². The van der Waals surface area contributed by atoms with Gasteiger partial charge in [0.25, 0.3) is 5.19 Å². The number of aromatic carboxylic acids is 1. The molecule has 0 bridgehead atoms. The van der Waals surface area contributed by atoms with Gasteiger partial charge in [-0.3, -0.25) is 0 Å². The Morgan fingerprint density at radius 2 is 2.29 bits per heavy atom. The molecule has 0 fully saturated rings. The Hall–Kier alpha value is -1.66. The van der Waals surface area contributed by atoms with Gasteiger partial charge in [0.15, 0.2) is 0 Å². The van der Waals surface area contributed by atoms with E-state index in [2.05, 4.69) is 9.36 Å². The Bertz CT molecular complexity index is 570. The highest BCUT2D eigenvalue weighted by Gasteiger charge is 2.14. The first-order valence-corrected chi connectivity index (χ1v) is 5.72. The monoisotopic (exact) mass is 270 g/mol. The van der Waals surface area contributed by atoms with Gasteiger partial charge in [-0.25, -0.2) is 4.79 Å². The number of aryl methyl sites for hydroxylation is 1. The third kappa shape index (κ3) is 2.72. The van der Waals surface area contributed by atoms with Crippen molar-refractivity contribution in [1.82, 2.24) is 9.36 Å². The molecule has 0 aliphatic heterocycles. The quantitative estimate of drug-likeness (QED) is 0.928. The fraction of sp³-hybridized carbons (Fsp3) is 0.100. The number of nitrogens with zero attached hydrogens (tertiary/aromatic N) is 2. The molecule has 0 aliphatic rings. The van der Waals surface area contributed by atoms with Crippen molar-refractivity contribution in [3.8, 4) is 10.9 Å². The lowest BCUT2D eigenvalue weighted by atomic mass is 10.2. The van der Waals surface area contributed by atoms with Crippen molar-refractivity contribution in [3.63, 3.8) is 0 Å². The summed E-state index contributed by atoms with van der Waals surface area (Å²) in [6, 6.07) is 4.37. The number of halogens is 1. The second-order valence-corrected chi connectivity index (χ2v) is 4.31. The molecule has 1 aromatic heterocycles. The smallest absolute Gasteiger partial charge is 0.339 e. The van der Waals surface area contributed by atoms with Crippen LogP contribution >= 0.6 is 23.1 Å². The van der Waals surface area contributed by atoms with Crippen LogP contribution in [0.3, 0.4) is 0 Å². The summed E-state index contributed by atoms with van der Waals surface area (Å²) in [7, 11) is 0. The summed E-state index contributed by atoms with van der Waals surface area (Å²) in [5.41, 5.74) is -0.00893. The van der Waals surface area contributed by atoms with E-state index in [4.69, 9.17) is 21.4 Å². The minimum atomic E-state index is -1.11. The topological polar surface area (TPSA) is 72.3 Å². The van der Waals surface area contributed by atoms with Crippen molar-refractivity contribution in [3.05, 3.63) is 34.6 Å². The second kappa shape index (κ2) is 4.68. The molecule has 1 N–H and O–H groups in total.